The molecule has 6 rings (SSSR count). The molecule has 4 aromatic heterocycles. The monoisotopic (exact) mass is 467 g/mol. The van der Waals surface area contributed by atoms with E-state index in [1.807, 2.05) is 55.6 Å². The number of benzene rings is 1. The predicted octanol–water partition coefficient (Wildman–Crippen LogP) is 3.22. The van der Waals surface area contributed by atoms with Crippen LogP contribution in [0.25, 0.3) is 28.1 Å². The Balaban J connectivity index is 1.29. The van der Waals surface area contributed by atoms with Crippen molar-refractivity contribution >= 4 is 28.3 Å². The first-order valence-corrected chi connectivity index (χ1v) is 11.5. The Morgan fingerprint density at radius 1 is 1.09 bits per heavy atom. The molecule has 1 saturated heterocycles. The second kappa shape index (κ2) is 8.48. The molecule has 3 N–H and O–H groups in total. The summed E-state index contributed by atoms with van der Waals surface area (Å²) in [5.74, 6) is 3.25. The first kappa shape index (κ1) is 21.2. The summed E-state index contributed by atoms with van der Waals surface area (Å²) in [4.78, 5) is 20.6. The summed E-state index contributed by atoms with van der Waals surface area (Å²) in [5.41, 5.74) is 10.2. The number of pyridine rings is 2. The van der Waals surface area contributed by atoms with E-state index in [2.05, 4.69) is 32.2 Å². The topological polar surface area (TPSA) is 119 Å². The van der Waals surface area contributed by atoms with Crippen LogP contribution in [0.5, 0.6) is 11.5 Å². The summed E-state index contributed by atoms with van der Waals surface area (Å²) in [7, 11) is 0. The van der Waals surface area contributed by atoms with Crippen LogP contribution in [0, 0.1) is 6.92 Å². The molecule has 0 unspecified atom stereocenters. The van der Waals surface area contributed by atoms with Crippen LogP contribution in [-0.4, -0.2) is 55.2 Å². The number of nitrogen functional groups attached to an aromatic ring is 1. The number of hydrogen-bond acceptors (Lipinski definition) is 9. The zero-order valence-electron chi connectivity index (χ0n) is 19.5. The summed E-state index contributed by atoms with van der Waals surface area (Å²) in [6, 6.07) is 13.9. The highest BCUT2D eigenvalue weighted by molar-refractivity contribution is 5.87. The quantitative estimate of drug-likeness (QED) is 0.410. The molecule has 10 heteroatoms. The van der Waals surface area contributed by atoms with Crippen LogP contribution < -0.4 is 20.7 Å². The third kappa shape index (κ3) is 3.97. The molecule has 1 aliphatic rings. The van der Waals surface area contributed by atoms with Crippen molar-refractivity contribution < 1.29 is 4.74 Å². The fourth-order valence-corrected chi connectivity index (χ4v) is 4.39. The second-order valence-corrected chi connectivity index (χ2v) is 8.72. The van der Waals surface area contributed by atoms with Crippen LogP contribution in [0.3, 0.4) is 0 Å². The van der Waals surface area contributed by atoms with Gasteiger partial charge < -0.3 is 20.7 Å². The van der Waals surface area contributed by atoms with Gasteiger partial charge in [-0.2, -0.15) is 5.10 Å². The van der Waals surface area contributed by atoms with Crippen molar-refractivity contribution in [3.8, 4) is 22.9 Å². The van der Waals surface area contributed by atoms with Crippen LogP contribution in [0.15, 0.2) is 55.0 Å². The Kier molecular flexibility index (Phi) is 5.14. The van der Waals surface area contributed by atoms with Crippen molar-refractivity contribution in [2.24, 2.45) is 0 Å². The minimum Gasteiger partial charge on any atom is -0.457 e. The number of ether oxygens (including phenoxy) is 1. The zero-order valence-corrected chi connectivity index (χ0v) is 19.5. The number of aromatic nitrogens is 6. The first-order valence-electron chi connectivity index (χ1n) is 11.5. The fraction of sp³-hybridized carbons (Fsp3) is 0.240. The number of rotatable bonds is 4. The number of piperazine rings is 1. The molecule has 176 valence electrons. The van der Waals surface area contributed by atoms with Gasteiger partial charge in [-0.15, -0.1) is 0 Å². The van der Waals surface area contributed by atoms with Gasteiger partial charge >= 0.3 is 0 Å². The number of nitrogens with one attached hydrogen (secondary N) is 1. The van der Waals surface area contributed by atoms with Crippen molar-refractivity contribution in [3.05, 3.63) is 60.6 Å². The average Bonchev–Trinajstić information content (AvgIpc) is 3.33. The zero-order chi connectivity index (χ0) is 23.9. The molecule has 5 aromatic rings. The third-order valence-electron chi connectivity index (χ3n) is 6.26. The summed E-state index contributed by atoms with van der Waals surface area (Å²) < 4.78 is 7.77. The molecular weight excluding hydrogens is 442 g/mol. The number of anilines is 2. The van der Waals surface area contributed by atoms with Crippen LogP contribution in [0.4, 0.5) is 11.6 Å². The predicted molar refractivity (Wildman–Crippen MR) is 135 cm³/mol. The Morgan fingerprint density at radius 2 is 2.00 bits per heavy atom. The van der Waals surface area contributed by atoms with Gasteiger partial charge in [0.15, 0.2) is 17.3 Å². The molecule has 0 bridgehead atoms. The molecule has 10 nitrogen and oxygen atoms in total. The molecule has 35 heavy (non-hydrogen) atoms. The van der Waals surface area contributed by atoms with Crippen molar-refractivity contribution in [2.45, 2.75) is 19.9 Å². The Morgan fingerprint density at radius 3 is 2.86 bits per heavy atom. The Hall–Kier alpha value is -4.31. The molecule has 1 atom stereocenters. The van der Waals surface area contributed by atoms with Gasteiger partial charge in [-0.25, -0.2) is 24.5 Å². The summed E-state index contributed by atoms with van der Waals surface area (Å²) in [6.07, 6.45) is 3.33. The Bertz CT molecular complexity index is 1550. The largest absolute Gasteiger partial charge is 0.457 e. The first-order chi connectivity index (χ1) is 17.0. The van der Waals surface area contributed by atoms with Gasteiger partial charge in [0.25, 0.3) is 0 Å². The molecule has 0 spiro atoms. The highest BCUT2D eigenvalue weighted by atomic mass is 16.5. The van der Waals surface area contributed by atoms with E-state index in [-0.39, 0.29) is 0 Å². The van der Waals surface area contributed by atoms with Gasteiger partial charge in [-0.1, -0.05) is 0 Å². The van der Waals surface area contributed by atoms with Crippen molar-refractivity contribution in [2.75, 3.05) is 30.3 Å². The lowest BCUT2D eigenvalue weighted by Crippen LogP contribution is -2.50. The lowest BCUT2D eigenvalue weighted by Gasteiger charge is -2.35. The fourth-order valence-electron chi connectivity index (χ4n) is 4.39. The number of nitrogens with two attached hydrogens (primary N) is 1. The van der Waals surface area contributed by atoms with Crippen LogP contribution in [0.1, 0.15) is 12.5 Å². The summed E-state index contributed by atoms with van der Waals surface area (Å²) >= 11 is 0. The van der Waals surface area contributed by atoms with E-state index < -0.39 is 0 Å². The van der Waals surface area contributed by atoms with E-state index in [1.165, 1.54) is 6.33 Å². The maximum Gasteiger partial charge on any atom is 0.162 e. The molecule has 0 saturated carbocycles. The average molecular weight is 468 g/mol. The summed E-state index contributed by atoms with van der Waals surface area (Å²) in [6.45, 7) is 6.94. The number of fused-ring (bicyclic) bond motifs is 2. The number of nitrogens with zero attached hydrogens (tertiary/aromatic N) is 7. The normalized spacial score (nSPS) is 16.2. The molecule has 1 aliphatic heterocycles. The van der Waals surface area contributed by atoms with Crippen molar-refractivity contribution in [3.63, 3.8) is 0 Å². The number of aryl methyl sites for hydroxylation is 1. The molecule has 1 aromatic carbocycles. The van der Waals surface area contributed by atoms with Gasteiger partial charge in [-0.3, -0.25) is 0 Å². The van der Waals surface area contributed by atoms with Crippen LogP contribution >= 0.6 is 0 Å². The minimum absolute atomic E-state index is 0.358. The molecule has 0 radical (unpaired) electrons. The second-order valence-electron chi connectivity index (χ2n) is 8.72. The van der Waals surface area contributed by atoms with E-state index >= 15 is 0 Å². The van der Waals surface area contributed by atoms with Gasteiger partial charge in [0.1, 0.15) is 29.2 Å². The van der Waals surface area contributed by atoms with E-state index in [0.717, 1.165) is 53.5 Å². The van der Waals surface area contributed by atoms with Gasteiger partial charge in [-0.05, 0) is 55.8 Å². The van der Waals surface area contributed by atoms with Crippen molar-refractivity contribution in [1.29, 1.82) is 0 Å². The lowest BCUT2D eigenvalue weighted by molar-refractivity contribution is 0.478. The molecule has 5 heterocycles. The van der Waals surface area contributed by atoms with E-state index in [0.29, 0.717) is 29.0 Å². The third-order valence-corrected chi connectivity index (χ3v) is 6.26. The van der Waals surface area contributed by atoms with Crippen LogP contribution in [-0.2, 0) is 0 Å². The van der Waals surface area contributed by atoms with Crippen molar-refractivity contribution in [1.82, 2.24) is 34.9 Å². The van der Waals surface area contributed by atoms with Gasteiger partial charge in [0.05, 0.1) is 5.52 Å². The SMILES string of the molecule is Cc1cc(-c2nc(N)c3nc(N4CCNC[C@H]4C)ccc3n2)ccc1Oc1ccn2ncnc2c1. The molecule has 1 fully saturated rings. The molecular formula is C25H25N9O. The lowest BCUT2D eigenvalue weighted by atomic mass is 10.1. The van der Waals surface area contributed by atoms with Gasteiger partial charge in [0.2, 0.25) is 0 Å². The highest BCUT2D eigenvalue weighted by Gasteiger charge is 2.20. The Labute approximate surface area is 201 Å². The maximum atomic E-state index is 6.35. The standard InChI is InChI=1S/C25H25N9O/c1-15-11-17(3-5-20(15)35-18-7-9-34-22(12-18)28-14-29-34)25-30-19-4-6-21(31-23(19)24(26)32-25)33-10-8-27-13-16(33)2/h3-7,9,11-12,14,16,27H,8,10,13H2,1-2H3,(H2,26,30,32)/t16-/m1/s1. The smallest absolute Gasteiger partial charge is 0.162 e. The highest BCUT2D eigenvalue weighted by Crippen LogP contribution is 2.30. The van der Waals surface area contributed by atoms with E-state index in [1.54, 1.807) is 4.52 Å². The van der Waals surface area contributed by atoms with Gasteiger partial charge in [0, 0.05) is 43.5 Å². The van der Waals surface area contributed by atoms with E-state index in [4.69, 9.17) is 20.4 Å². The van der Waals surface area contributed by atoms with E-state index in [9.17, 15) is 0 Å². The molecule has 0 aliphatic carbocycles. The maximum absolute atomic E-state index is 6.35. The number of hydrogen-bond donors (Lipinski definition) is 2. The van der Waals surface area contributed by atoms with Crippen LogP contribution in [0.2, 0.25) is 0 Å². The molecule has 0 amide bonds. The minimum atomic E-state index is 0.358. The summed E-state index contributed by atoms with van der Waals surface area (Å²) in [5, 5.41) is 7.51.